The molecule has 20 heavy (non-hydrogen) atoms. The molecule has 1 N–H and O–H groups in total. The summed E-state index contributed by atoms with van der Waals surface area (Å²) < 4.78 is 12.5. The summed E-state index contributed by atoms with van der Waals surface area (Å²) >= 11 is 6.83. The number of hydrogen-bond acceptors (Lipinski definition) is 3. The average Bonchev–Trinajstić information content (AvgIpc) is 2.41. The summed E-state index contributed by atoms with van der Waals surface area (Å²) in [5, 5.41) is 8.70. The third kappa shape index (κ3) is 4.38. The molecule has 0 aliphatic carbocycles. The van der Waals surface area contributed by atoms with Gasteiger partial charge in [0.05, 0.1) is 11.1 Å². The van der Waals surface area contributed by atoms with Crippen molar-refractivity contribution >= 4 is 43.9 Å². The number of carboxylic acids is 1. The molecule has 0 unspecified atom stereocenters. The maximum absolute atomic E-state index is 10.6. The lowest BCUT2D eigenvalue weighted by Gasteiger charge is -2.15. The molecule has 4 nitrogen and oxygen atoms in total. The van der Waals surface area contributed by atoms with Gasteiger partial charge in [0.1, 0.15) is 6.61 Å². The first kappa shape index (κ1) is 16.8. The highest BCUT2D eigenvalue weighted by atomic mass is 79.9. The van der Waals surface area contributed by atoms with Crippen LogP contribution in [0.1, 0.15) is 12.5 Å². The fraction of sp³-hybridized carbons (Fsp3) is 0.214. The Morgan fingerprint density at radius 2 is 2.10 bits per heavy atom. The number of rotatable bonds is 7. The normalized spacial score (nSPS) is 10.6. The Morgan fingerprint density at radius 1 is 1.40 bits per heavy atom. The summed E-state index contributed by atoms with van der Waals surface area (Å²) in [6.45, 7) is 6.28. The predicted octanol–water partition coefficient (Wildman–Crippen LogP) is 4.27. The van der Waals surface area contributed by atoms with E-state index in [9.17, 15) is 4.79 Å². The van der Waals surface area contributed by atoms with E-state index in [0.717, 1.165) is 6.08 Å². The molecule has 0 radical (unpaired) electrons. The van der Waals surface area contributed by atoms with E-state index < -0.39 is 5.97 Å². The van der Waals surface area contributed by atoms with Gasteiger partial charge in [0.15, 0.2) is 11.5 Å². The molecule has 0 aliphatic heterocycles. The lowest BCUT2D eigenvalue weighted by molar-refractivity contribution is -0.131. The zero-order valence-electron chi connectivity index (χ0n) is 10.9. The number of carboxylic acid groups (broad SMARTS) is 1. The van der Waals surface area contributed by atoms with Gasteiger partial charge in [0, 0.05) is 10.5 Å². The molecule has 0 spiro atoms. The van der Waals surface area contributed by atoms with Crippen LogP contribution in [0.25, 0.3) is 6.08 Å². The first-order chi connectivity index (χ1) is 9.51. The summed E-state index contributed by atoms with van der Waals surface area (Å²) in [7, 11) is 0. The van der Waals surface area contributed by atoms with Gasteiger partial charge in [-0.2, -0.15) is 0 Å². The van der Waals surface area contributed by atoms with Crippen molar-refractivity contribution in [3.8, 4) is 11.5 Å². The Bertz CT molecular complexity index is 538. The summed E-state index contributed by atoms with van der Waals surface area (Å²) in [5.74, 6) is 0.0681. The molecular formula is C14H14Br2O4. The van der Waals surface area contributed by atoms with E-state index in [1.54, 1.807) is 12.1 Å². The van der Waals surface area contributed by atoms with E-state index in [1.165, 1.54) is 6.08 Å². The van der Waals surface area contributed by atoms with Crippen molar-refractivity contribution in [1.29, 1.82) is 0 Å². The number of aliphatic carboxylic acids is 1. The summed E-state index contributed by atoms with van der Waals surface area (Å²) in [6, 6.07) is 1.72. The second kappa shape index (κ2) is 8.11. The zero-order valence-corrected chi connectivity index (χ0v) is 14.0. The van der Waals surface area contributed by atoms with Gasteiger partial charge in [-0.25, -0.2) is 4.79 Å². The molecule has 0 heterocycles. The molecule has 0 aliphatic rings. The van der Waals surface area contributed by atoms with Gasteiger partial charge in [-0.3, -0.25) is 0 Å². The van der Waals surface area contributed by atoms with Crippen molar-refractivity contribution in [2.45, 2.75) is 6.92 Å². The van der Waals surface area contributed by atoms with Crippen molar-refractivity contribution in [2.24, 2.45) is 0 Å². The van der Waals surface area contributed by atoms with Crippen molar-refractivity contribution in [3.05, 3.63) is 39.3 Å². The van der Waals surface area contributed by atoms with Gasteiger partial charge < -0.3 is 14.6 Å². The van der Waals surface area contributed by atoms with Crippen LogP contribution in [0.15, 0.2) is 33.7 Å². The standard InChI is InChI=1S/C14H14Br2O4/c1-3-7-20-14-10(19-4-2)8-9(5-6-11(17)18)12(15)13(14)16/h3,5-6,8H,1,4,7H2,2H3,(H,17,18). The minimum atomic E-state index is -1.02. The Kier molecular flexibility index (Phi) is 6.81. The molecule has 0 atom stereocenters. The van der Waals surface area contributed by atoms with Crippen LogP contribution >= 0.6 is 31.9 Å². The van der Waals surface area contributed by atoms with Gasteiger partial charge in [0.25, 0.3) is 0 Å². The van der Waals surface area contributed by atoms with Crippen LogP contribution < -0.4 is 9.47 Å². The maximum Gasteiger partial charge on any atom is 0.328 e. The summed E-state index contributed by atoms with van der Waals surface area (Å²) in [5.41, 5.74) is 0.675. The van der Waals surface area contributed by atoms with E-state index >= 15 is 0 Å². The monoisotopic (exact) mass is 404 g/mol. The third-order valence-electron chi connectivity index (χ3n) is 2.21. The van der Waals surface area contributed by atoms with Crippen LogP contribution in [-0.4, -0.2) is 24.3 Å². The molecule has 1 rings (SSSR count). The summed E-state index contributed by atoms with van der Waals surface area (Å²) in [4.78, 5) is 10.6. The number of halogens is 2. The van der Waals surface area contributed by atoms with E-state index in [-0.39, 0.29) is 0 Å². The largest absolute Gasteiger partial charge is 0.490 e. The first-order valence-corrected chi connectivity index (χ1v) is 7.39. The van der Waals surface area contributed by atoms with Crippen molar-refractivity contribution in [1.82, 2.24) is 0 Å². The molecule has 0 amide bonds. The Hall–Kier alpha value is -1.27. The molecule has 1 aromatic carbocycles. The number of hydrogen-bond donors (Lipinski definition) is 1. The van der Waals surface area contributed by atoms with Gasteiger partial charge >= 0.3 is 5.97 Å². The minimum Gasteiger partial charge on any atom is -0.490 e. The number of ether oxygens (including phenoxy) is 2. The average molecular weight is 406 g/mol. The lowest BCUT2D eigenvalue weighted by Crippen LogP contribution is -2.01. The first-order valence-electron chi connectivity index (χ1n) is 5.80. The molecule has 0 saturated carbocycles. The molecule has 108 valence electrons. The van der Waals surface area contributed by atoms with E-state index in [1.807, 2.05) is 6.92 Å². The second-order valence-corrected chi connectivity index (χ2v) is 5.21. The molecule has 0 saturated heterocycles. The van der Waals surface area contributed by atoms with Crippen molar-refractivity contribution < 1.29 is 19.4 Å². The number of carbonyl (C=O) groups is 1. The van der Waals surface area contributed by atoms with Crippen molar-refractivity contribution in [2.75, 3.05) is 13.2 Å². The third-order valence-corrected chi connectivity index (χ3v) is 4.35. The van der Waals surface area contributed by atoms with Gasteiger partial charge in [-0.15, -0.1) is 0 Å². The molecule has 6 heteroatoms. The van der Waals surface area contributed by atoms with Crippen LogP contribution in [-0.2, 0) is 4.79 Å². The minimum absolute atomic E-state index is 0.343. The molecular weight excluding hydrogens is 392 g/mol. The fourth-order valence-corrected chi connectivity index (χ4v) is 2.39. The lowest BCUT2D eigenvalue weighted by atomic mass is 10.2. The smallest absolute Gasteiger partial charge is 0.328 e. The highest BCUT2D eigenvalue weighted by Gasteiger charge is 2.16. The predicted molar refractivity (Wildman–Crippen MR) is 85.4 cm³/mol. The SMILES string of the molecule is C=CCOc1c(OCC)cc(C=CC(=O)O)c(Br)c1Br. The Balaban J connectivity index is 3.29. The van der Waals surface area contributed by atoms with Crippen LogP contribution in [0.4, 0.5) is 0 Å². The fourth-order valence-electron chi connectivity index (χ4n) is 1.43. The molecule has 0 bridgehead atoms. The molecule has 0 aromatic heterocycles. The molecule has 1 aromatic rings. The highest BCUT2D eigenvalue weighted by molar-refractivity contribution is 9.13. The zero-order chi connectivity index (χ0) is 15.1. The second-order valence-electron chi connectivity index (χ2n) is 3.63. The number of benzene rings is 1. The van der Waals surface area contributed by atoms with Crippen molar-refractivity contribution in [3.63, 3.8) is 0 Å². The molecule has 0 fully saturated rings. The Morgan fingerprint density at radius 3 is 2.65 bits per heavy atom. The topological polar surface area (TPSA) is 55.8 Å². The van der Waals surface area contributed by atoms with Gasteiger partial charge in [-0.1, -0.05) is 12.7 Å². The van der Waals surface area contributed by atoms with E-state index in [2.05, 4.69) is 38.4 Å². The van der Waals surface area contributed by atoms with Crippen LogP contribution in [0.2, 0.25) is 0 Å². The van der Waals surface area contributed by atoms with Crippen LogP contribution in [0.3, 0.4) is 0 Å². The van der Waals surface area contributed by atoms with E-state index in [4.69, 9.17) is 14.6 Å². The van der Waals surface area contributed by atoms with Crippen LogP contribution in [0.5, 0.6) is 11.5 Å². The van der Waals surface area contributed by atoms with E-state index in [0.29, 0.717) is 39.2 Å². The Labute approximate surface area is 134 Å². The van der Waals surface area contributed by atoms with Crippen LogP contribution in [0, 0.1) is 0 Å². The van der Waals surface area contributed by atoms with Gasteiger partial charge in [-0.05, 0) is 56.5 Å². The van der Waals surface area contributed by atoms with Gasteiger partial charge in [0.2, 0.25) is 0 Å². The summed E-state index contributed by atoms with van der Waals surface area (Å²) in [6.07, 6.45) is 4.18. The quantitative estimate of drug-likeness (QED) is 0.543. The highest BCUT2D eigenvalue weighted by Crippen LogP contribution is 2.43. The maximum atomic E-state index is 10.6.